The van der Waals surface area contributed by atoms with Crippen LogP contribution in [0.25, 0.3) is 6.08 Å². The lowest BCUT2D eigenvalue weighted by molar-refractivity contribution is -0.137. The van der Waals surface area contributed by atoms with Crippen LogP contribution in [0.4, 0.5) is 0 Å². The van der Waals surface area contributed by atoms with Gasteiger partial charge in [-0.2, -0.15) is 0 Å². The summed E-state index contributed by atoms with van der Waals surface area (Å²) in [6.07, 6.45) is 2.83. The standard InChI is InChI=1S/C24H20Cl2N2O4/c1-30-22-11-7-16(13-17(22)15-31-19-5-3-2-4-6-19)8-12-23(29)32-28-24(27)20-10-9-18(25)14-21(20)26/h2-14H,15H2,1H3,(H2,27,28)/b12-8-. The van der Waals surface area contributed by atoms with E-state index in [9.17, 15) is 4.79 Å². The van der Waals surface area contributed by atoms with Gasteiger partial charge in [0, 0.05) is 22.2 Å². The summed E-state index contributed by atoms with van der Waals surface area (Å²) in [5.41, 5.74) is 7.82. The number of rotatable bonds is 8. The van der Waals surface area contributed by atoms with E-state index in [0.717, 1.165) is 16.9 Å². The largest absolute Gasteiger partial charge is 0.496 e. The number of hydrogen-bond acceptors (Lipinski definition) is 5. The predicted molar refractivity (Wildman–Crippen MR) is 126 cm³/mol. The molecule has 0 spiro atoms. The average Bonchev–Trinajstić information content (AvgIpc) is 2.80. The highest BCUT2D eigenvalue weighted by atomic mass is 35.5. The fraction of sp³-hybridized carbons (Fsp3) is 0.0833. The van der Waals surface area contributed by atoms with Crippen LogP contribution in [0, 0.1) is 0 Å². The van der Waals surface area contributed by atoms with Crippen molar-refractivity contribution in [3.05, 3.63) is 99.5 Å². The normalized spacial score (nSPS) is 11.4. The first-order valence-electron chi connectivity index (χ1n) is 9.49. The van der Waals surface area contributed by atoms with Gasteiger partial charge < -0.3 is 20.0 Å². The minimum Gasteiger partial charge on any atom is -0.496 e. The number of benzene rings is 3. The van der Waals surface area contributed by atoms with Crippen LogP contribution in [-0.4, -0.2) is 18.9 Å². The second-order valence-electron chi connectivity index (χ2n) is 6.52. The van der Waals surface area contributed by atoms with Gasteiger partial charge >= 0.3 is 5.97 Å². The van der Waals surface area contributed by atoms with Gasteiger partial charge in [0.25, 0.3) is 0 Å². The van der Waals surface area contributed by atoms with Gasteiger partial charge in [-0.25, -0.2) is 4.79 Å². The highest BCUT2D eigenvalue weighted by Gasteiger charge is 2.08. The second-order valence-corrected chi connectivity index (χ2v) is 7.36. The van der Waals surface area contributed by atoms with Crippen LogP contribution < -0.4 is 15.2 Å². The number of amidine groups is 1. The van der Waals surface area contributed by atoms with Crippen molar-refractivity contribution < 1.29 is 19.1 Å². The maximum Gasteiger partial charge on any atom is 0.358 e. The van der Waals surface area contributed by atoms with Crippen molar-refractivity contribution in [2.75, 3.05) is 7.11 Å². The third-order valence-corrected chi connectivity index (χ3v) is 4.84. The van der Waals surface area contributed by atoms with Gasteiger partial charge in [0.05, 0.1) is 12.1 Å². The van der Waals surface area contributed by atoms with E-state index < -0.39 is 5.97 Å². The van der Waals surface area contributed by atoms with E-state index in [4.69, 9.17) is 43.2 Å². The Balaban J connectivity index is 1.65. The summed E-state index contributed by atoms with van der Waals surface area (Å²) in [6, 6.07) is 19.6. The van der Waals surface area contributed by atoms with Gasteiger partial charge in [0.2, 0.25) is 0 Å². The molecule has 0 aliphatic rings. The lowest BCUT2D eigenvalue weighted by Gasteiger charge is -2.11. The first-order valence-corrected chi connectivity index (χ1v) is 10.2. The van der Waals surface area contributed by atoms with Crippen LogP contribution in [0.3, 0.4) is 0 Å². The molecule has 0 amide bonds. The Hall–Kier alpha value is -3.48. The summed E-state index contributed by atoms with van der Waals surface area (Å²) in [6.45, 7) is 0.308. The van der Waals surface area contributed by atoms with Gasteiger partial charge in [0.15, 0.2) is 5.84 Å². The van der Waals surface area contributed by atoms with E-state index >= 15 is 0 Å². The van der Waals surface area contributed by atoms with Crippen LogP contribution in [0.15, 0.2) is 78.0 Å². The fourth-order valence-electron chi connectivity index (χ4n) is 2.73. The van der Waals surface area contributed by atoms with Gasteiger partial charge in [-0.05, 0) is 54.1 Å². The molecule has 0 radical (unpaired) electrons. The van der Waals surface area contributed by atoms with E-state index in [-0.39, 0.29) is 5.84 Å². The number of hydrogen-bond donors (Lipinski definition) is 1. The fourth-order valence-corrected chi connectivity index (χ4v) is 3.23. The number of nitrogens with zero attached hydrogens (tertiary/aromatic N) is 1. The number of halogens is 2. The minimum atomic E-state index is -0.698. The highest BCUT2D eigenvalue weighted by molar-refractivity contribution is 6.36. The zero-order valence-corrected chi connectivity index (χ0v) is 18.6. The Morgan fingerprint density at radius 2 is 1.84 bits per heavy atom. The van der Waals surface area contributed by atoms with Crippen molar-refractivity contribution in [1.29, 1.82) is 0 Å². The van der Waals surface area contributed by atoms with Crippen molar-refractivity contribution in [3.63, 3.8) is 0 Å². The third-order valence-electron chi connectivity index (χ3n) is 4.29. The molecule has 0 atom stereocenters. The molecule has 3 aromatic carbocycles. The van der Waals surface area contributed by atoms with E-state index in [1.807, 2.05) is 36.4 Å². The summed E-state index contributed by atoms with van der Waals surface area (Å²) in [7, 11) is 1.59. The number of ether oxygens (including phenoxy) is 2. The van der Waals surface area contributed by atoms with E-state index in [0.29, 0.717) is 28.0 Å². The maximum atomic E-state index is 12.0. The summed E-state index contributed by atoms with van der Waals surface area (Å²) in [4.78, 5) is 16.9. The molecule has 2 N–H and O–H groups in total. The molecule has 0 saturated heterocycles. The smallest absolute Gasteiger partial charge is 0.358 e. The molecular formula is C24H20Cl2N2O4. The SMILES string of the molecule is COc1ccc(/C=C\C(=O)O/N=C(\N)c2ccc(Cl)cc2Cl)cc1COc1ccccc1. The summed E-state index contributed by atoms with van der Waals surface area (Å²) in [5.74, 6) is 0.683. The summed E-state index contributed by atoms with van der Waals surface area (Å²) in [5, 5.41) is 4.39. The van der Waals surface area contributed by atoms with Crippen LogP contribution in [0.5, 0.6) is 11.5 Å². The molecule has 0 aromatic heterocycles. The molecule has 32 heavy (non-hydrogen) atoms. The number of oxime groups is 1. The summed E-state index contributed by atoms with van der Waals surface area (Å²) >= 11 is 11.9. The Kier molecular flexibility index (Phi) is 8.14. The molecule has 3 rings (SSSR count). The Bertz CT molecular complexity index is 1150. The van der Waals surface area contributed by atoms with E-state index in [2.05, 4.69) is 5.16 Å². The summed E-state index contributed by atoms with van der Waals surface area (Å²) < 4.78 is 11.2. The van der Waals surface area contributed by atoms with Crippen molar-refractivity contribution >= 4 is 41.1 Å². The molecule has 0 unspecified atom stereocenters. The van der Waals surface area contributed by atoms with Gasteiger partial charge in [0.1, 0.15) is 18.1 Å². The molecule has 164 valence electrons. The molecule has 0 bridgehead atoms. The lowest BCUT2D eigenvalue weighted by Crippen LogP contribution is -2.15. The van der Waals surface area contributed by atoms with E-state index in [1.54, 1.807) is 37.5 Å². The maximum absolute atomic E-state index is 12.0. The molecule has 0 aliphatic carbocycles. The predicted octanol–water partition coefficient (Wildman–Crippen LogP) is 5.46. The number of carbonyl (C=O) groups is 1. The molecular weight excluding hydrogens is 451 g/mol. The van der Waals surface area contributed by atoms with Crippen molar-refractivity contribution in [2.24, 2.45) is 10.9 Å². The first-order chi connectivity index (χ1) is 15.5. The van der Waals surface area contributed by atoms with Crippen molar-refractivity contribution in [1.82, 2.24) is 0 Å². The number of nitrogens with two attached hydrogens (primary N) is 1. The first kappa shape index (κ1) is 23.2. The van der Waals surface area contributed by atoms with Crippen LogP contribution >= 0.6 is 23.2 Å². The molecule has 0 fully saturated rings. The van der Waals surface area contributed by atoms with Gasteiger partial charge in [-0.3, -0.25) is 0 Å². The zero-order chi connectivity index (χ0) is 22.9. The van der Waals surface area contributed by atoms with Gasteiger partial charge in [-0.15, -0.1) is 0 Å². The molecule has 6 nitrogen and oxygen atoms in total. The molecule has 0 heterocycles. The van der Waals surface area contributed by atoms with E-state index in [1.165, 1.54) is 12.1 Å². The van der Waals surface area contributed by atoms with Crippen LogP contribution in [-0.2, 0) is 16.2 Å². The molecule has 0 saturated carbocycles. The third kappa shape index (κ3) is 6.51. The number of carbonyl (C=O) groups excluding carboxylic acids is 1. The Morgan fingerprint density at radius 1 is 1.06 bits per heavy atom. The zero-order valence-electron chi connectivity index (χ0n) is 17.1. The quantitative estimate of drug-likeness (QED) is 0.155. The molecule has 8 heteroatoms. The monoisotopic (exact) mass is 470 g/mol. The van der Waals surface area contributed by atoms with Crippen molar-refractivity contribution in [3.8, 4) is 11.5 Å². The average molecular weight is 471 g/mol. The Morgan fingerprint density at radius 3 is 2.56 bits per heavy atom. The lowest BCUT2D eigenvalue weighted by atomic mass is 10.1. The van der Waals surface area contributed by atoms with Crippen LogP contribution in [0.2, 0.25) is 10.0 Å². The Labute approximate surface area is 195 Å². The number of para-hydroxylation sites is 1. The van der Waals surface area contributed by atoms with Crippen LogP contribution in [0.1, 0.15) is 16.7 Å². The molecule has 3 aromatic rings. The topological polar surface area (TPSA) is 83.1 Å². The molecule has 0 aliphatic heterocycles. The van der Waals surface area contributed by atoms with Crippen molar-refractivity contribution in [2.45, 2.75) is 6.61 Å². The highest BCUT2D eigenvalue weighted by Crippen LogP contribution is 2.23. The minimum absolute atomic E-state index is 0.0433. The van der Waals surface area contributed by atoms with Gasteiger partial charge in [-0.1, -0.05) is 52.6 Å². The number of methoxy groups -OCH3 is 1. The second kappa shape index (κ2) is 11.2.